The highest BCUT2D eigenvalue weighted by atomic mass is 16.7. The summed E-state index contributed by atoms with van der Waals surface area (Å²) in [6, 6.07) is 8.36. The molecule has 2 aliphatic heterocycles. The van der Waals surface area contributed by atoms with Crippen molar-refractivity contribution in [1.82, 2.24) is 15.3 Å². The van der Waals surface area contributed by atoms with Gasteiger partial charge in [0.25, 0.3) is 0 Å². The van der Waals surface area contributed by atoms with E-state index in [0.717, 1.165) is 5.56 Å². The Labute approximate surface area is 201 Å². The molecule has 0 bridgehead atoms. The van der Waals surface area contributed by atoms with Crippen molar-refractivity contribution in [2.45, 2.75) is 84.3 Å². The van der Waals surface area contributed by atoms with Gasteiger partial charge in [0, 0.05) is 13.1 Å². The zero-order valence-electron chi connectivity index (χ0n) is 21.0. The molecule has 0 radical (unpaired) electrons. The number of likely N-dealkylation sites (tertiary alicyclic amines) is 1. The van der Waals surface area contributed by atoms with Gasteiger partial charge < -0.3 is 14.8 Å². The molecule has 0 saturated carbocycles. The number of nitrogens with zero attached hydrogens (tertiary/aromatic N) is 2. The second-order valence-corrected chi connectivity index (χ2v) is 10.9. The first-order chi connectivity index (χ1) is 15.8. The molecule has 0 aromatic heterocycles. The zero-order valence-corrected chi connectivity index (χ0v) is 21.0. The first-order valence-electron chi connectivity index (χ1n) is 11.8. The topological polar surface area (TPSA) is 97.4 Å². The lowest BCUT2D eigenvalue weighted by atomic mass is 9.81. The SMILES string of the molecule is CC(C)(C)OC(=O)N1C[C@H](N(OCc2ccccc2)C(=O)OC(C)(C)C)C[C@H]2CCNC(=O)[C@H]21. The summed E-state index contributed by atoms with van der Waals surface area (Å²) in [5.41, 5.74) is -0.553. The molecular formula is C25H37N3O6. The number of carbonyl (C=O) groups is 3. The first-order valence-corrected chi connectivity index (χ1v) is 11.8. The molecule has 188 valence electrons. The largest absolute Gasteiger partial charge is 0.444 e. The summed E-state index contributed by atoms with van der Waals surface area (Å²) in [4.78, 5) is 46.4. The van der Waals surface area contributed by atoms with E-state index >= 15 is 0 Å². The van der Waals surface area contributed by atoms with Gasteiger partial charge in [-0.15, -0.1) is 0 Å². The Morgan fingerprint density at radius 1 is 1.06 bits per heavy atom. The smallest absolute Gasteiger partial charge is 0.434 e. The average molecular weight is 476 g/mol. The molecule has 3 atom stereocenters. The minimum Gasteiger partial charge on any atom is -0.444 e. The molecule has 2 saturated heterocycles. The quantitative estimate of drug-likeness (QED) is 0.664. The van der Waals surface area contributed by atoms with Crippen LogP contribution in [0.4, 0.5) is 9.59 Å². The Kier molecular flexibility index (Phi) is 7.75. The molecule has 3 rings (SSSR count). The van der Waals surface area contributed by atoms with Gasteiger partial charge in [-0.1, -0.05) is 30.3 Å². The number of hydrogen-bond acceptors (Lipinski definition) is 6. The van der Waals surface area contributed by atoms with Gasteiger partial charge in [-0.05, 0) is 65.9 Å². The predicted molar refractivity (Wildman–Crippen MR) is 126 cm³/mol. The molecule has 1 aromatic rings. The summed E-state index contributed by atoms with van der Waals surface area (Å²) in [6.07, 6.45) is -0.0221. The van der Waals surface area contributed by atoms with Gasteiger partial charge >= 0.3 is 12.2 Å². The molecule has 2 heterocycles. The van der Waals surface area contributed by atoms with Crippen LogP contribution in [0.15, 0.2) is 30.3 Å². The fourth-order valence-electron chi connectivity index (χ4n) is 4.28. The zero-order chi connectivity index (χ0) is 25.1. The lowest BCUT2D eigenvalue weighted by Gasteiger charge is -2.47. The fourth-order valence-corrected chi connectivity index (χ4v) is 4.28. The van der Waals surface area contributed by atoms with Gasteiger partial charge in [0.2, 0.25) is 5.91 Å². The van der Waals surface area contributed by atoms with E-state index in [-0.39, 0.29) is 25.0 Å². The van der Waals surface area contributed by atoms with Crippen LogP contribution in [0.25, 0.3) is 0 Å². The molecule has 34 heavy (non-hydrogen) atoms. The van der Waals surface area contributed by atoms with Gasteiger partial charge in [-0.3, -0.25) is 14.5 Å². The lowest BCUT2D eigenvalue weighted by Crippen LogP contribution is -2.65. The van der Waals surface area contributed by atoms with E-state index in [0.29, 0.717) is 19.4 Å². The van der Waals surface area contributed by atoms with Crippen molar-refractivity contribution in [3.63, 3.8) is 0 Å². The molecule has 2 aliphatic rings. The second kappa shape index (κ2) is 10.2. The van der Waals surface area contributed by atoms with Crippen LogP contribution in [0.2, 0.25) is 0 Å². The third-order valence-corrected chi connectivity index (χ3v) is 5.59. The Morgan fingerprint density at radius 2 is 1.71 bits per heavy atom. The predicted octanol–water partition coefficient (Wildman–Crippen LogP) is 3.87. The number of fused-ring (bicyclic) bond motifs is 1. The van der Waals surface area contributed by atoms with E-state index in [1.165, 1.54) is 9.96 Å². The number of benzene rings is 1. The molecule has 0 aliphatic carbocycles. The van der Waals surface area contributed by atoms with Crippen LogP contribution < -0.4 is 5.32 Å². The summed E-state index contributed by atoms with van der Waals surface area (Å²) >= 11 is 0. The first kappa shape index (κ1) is 25.8. The lowest BCUT2D eigenvalue weighted by molar-refractivity contribution is -0.194. The Hall–Kier alpha value is -2.81. The number of piperidine rings is 2. The molecule has 0 spiro atoms. The monoisotopic (exact) mass is 475 g/mol. The number of hydrogen-bond donors (Lipinski definition) is 1. The minimum absolute atomic E-state index is 0.0948. The van der Waals surface area contributed by atoms with Crippen molar-refractivity contribution in [2.24, 2.45) is 5.92 Å². The van der Waals surface area contributed by atoms with Crippen molar-refractivity contribution in [3.8, 4) is 0 Å². The van der Waals surface area contributed by atoms with E-state index in [1.807, 2.05) is 30.3 Å². The summed E-state index contributed by atoms with van der Waals surface area (Å²) in [6.45, 7) is 11.5. The van der Waals surface area contributed by atoms with Crippen LogP contribution in [0, 0.1) is 5.92 Å². The molecule has 3 amide bonds. The van der Waals surface area contributed by atoms with Gasteiger partial charge in [0.05, 0.1) is 6.04 Å². The van der Waals surface area contributed by atoms with E-state index in [4.69, 9.17) is 14.3 Å². The van der Waals surface area contributed by atoms with Gasteiger partial charge in [-0.25, -0.2) is 9.59 Å². The molecule has 9 nitrogen and oxygen atoms in total. The van der Waals surface area contributed by atoms with E-state index in [1.54, 1.807) is 41.5 Å². The second-order valence-electron chi connectivity index (χ2n) is 10.9. The van der Waals surface area contributed by atoms with Crippen molar-refractivity contribution in [1.29, 1.82) is 0 Å². The third-order valence-electron chi connectivity index (χ3n) is 5.59. The van der Waals surface area contributed by atoms with E-state index < -0.39 is 35.5 Å². The van der Waals surface area contributed by atoms with Crippen LogP contribution in [0.3, 0.4) is 0 Å². The molecular weight excluding hydrogens is 438 g/mol. The van der Waals surface area contributed by atoms with Crippen molar-refractivity contribution >= 4 is 18.1 Å². The fraction of sp³-hybridized carbons (Fsp3) is 0.640. The molecule has 0 unspecified atom stereocenters. The summed E-state index contributed by atoms with van der Waals surface area (Å²) in [7, 11) is 0. The van der Waals surface area contributed by atoms with Crippen LogP contribution in [0.5, 0.6) is 0 Å². The highest BCUT2D eigenvalue weighted by molar-refractivity contribution is 5.87. The van der Waals surface area contributed by atoms with Crippen LogP contribution in [0.1, 0.15) is 59.9 Å². The van der Waals surface area contributed by atoms with Gasteiger partial charge in [0.15, 0.2) is 0 Å². The molecule has 1 aromatic carbocycles. The maximum Gasteiger partial charge on any atom is 0.434 e. The van der Waals surface area contributed by atoms with Crippen molar-refractivity contribution in [3.05, 3.63) is 35.9 Å². The minimum atomic E-state index is -0.724. The number of amides is 3. The summed E-state index contributed by atoms with van der Waals surface area (Å²) in [5, 5.41) is 4.08. The van der Waals surface area contributed by atoms with Crippen LogP contribution in [-0.2, 0) is 25.7 Å². The summed E-state index contributed by atoms with van der Waals surface area (Å²) in [5.74, 6) is -0.333. The Morgan fingerprint density at radius 3 is 2.32 bits per heavy atom. The van der Waals surface area contributed by atoms with Gasteiger partial charge in [-0.2, -0.15) is 5.06 Å². The maximum absolute atomic E-state index is 13.2. The summed E-state index contributed by atoms with van der Waals surface area (Å²) < 4.78 is 11.2. The molecule has 9 heteroatoms. The normalized spacial score (nSPS) is 22.9. The molecule has 1 N–H and O–H groups in total. The number of carbonyl (C=O) groups excluding carboxylic acids is 3. The standard InChI is InChI=1S/C25H37N3O6/c1-24(2,3)33-22(30)27-15-19(14-18-12-13-26-21(29)20(18)27)28(23(31)34-25(4,5)6)32-16-17-10-8-7-9-11-17/h7-11,18-20H,12-16H2,1-6H3,(H,26,29)/t18-,19-,20+/m1/s1. The van der Waals surface area contributed by atoms with Crippen LogP contribution >= 0.6 is 0 Å². The van der Waals surface area contributed by atoms with E-state index in [9.17, 15) is 14.4 Å². The number of nitrogens with one attached hydrogen (secondary N) is 1. The van der Waals surface area contributed by atoms with Crippen molar-refractivity contribution < 1.29 is 28.7 Å². The van der Waals surface area contributed by atoms with Crippen LogP contribution in [-0.4, -0.2) is 64.4 Å². The number of hydroxylamine groups is 2. The van der Waals surface area contributed by atoms with E-state index in [2.05, 4.69) is 5.32 Å². The maximum atomic E-state index is 13.2. The van der Waals surface area contributed by atoms with Gasteiger partial charge in [0.1, 0.15) is 23.9 Å². The third kappa shape index (κ3) is 6.85. The Bertz CT molecular complexity index is 877. The molecule has 2 fully saturated rings. The Balaban J connectivity index is 1.87. The number of rotatable bonds is 4. The average Bonchev–Trinajstić information content (AvgIpc) is 2.71. The highest BCUT2D eigenvalue weighted by Gasteiger charge is 2.48. The highest BCUT2D eigenvalue weighted by Crippen LogP contribution is 2.33. The number of ether oxygens (including phenoxy) is 2. The van der Waals surface area contributed by atoms with Crippen molar-refractivity contribution in [2.75, 3.05) is 13.1 Å².